The van der Waals surface area contributed by atoms with E-state index in [0.29, 0.717) is 29.0 Å². The second-order valence-corrected chi connectivity index (χ2v) is 4.74. The molecule has 0 saturated carbocycles. The molecule has 0 radical (unpaired) electrons. The molecule has 2 aromatic carbocycles. The lowest BCUT2D eigenvalue weighted by Crippen LogP contribution is -1.98. The fourth-order valence-electron chi connectivity index (χ4n) is 1.66. The molecule has 19 heavy (non-hydrogen) atoms. The third-order valence-corrected chi connectivity index (χ3v) is 3.25. The van der Waals surface area contributed by atoms with Crippen LogP contribution in [0, 0.1) is 0 Å². The lowest BCUT2D eigenvalue weighted by molar-refractivity contribution is 0.284. The Kier molecular flexibility index (Phi) is 4.94. The third kappa shape index (κ3) is 3.79. The van der Waals surface area contributed by atoms with Gasteiger partial charge >= 0.3 is 0 Å². The molecule has 2 rings (SSSR count). The number of halogens is 2. The van der Waals surface area contributed by atoms with E-state index in [1.165, 1.54) is 0 Å². The molecule has 0 heterocycles. The van der Waals surface area contributed by atoms with E-state index in [1.54, 1.807) is 7.11 Å². The lowest BCUT2D eigenvalue weighted by Gasteiger charge is -2.11. The molecular formula is C15H14Cl2O2. The Hall–Kier alpha value is -1.38. The van der Waals surface area contributed by atoms with Crippen molar-refractivity contribution in [3.8, 4) is 11.5 Å². The van der Waals surface area contributed by atoms with Gasteiger partial charge in [0.2, 0.25) is 0 Å². The monoisotopic (exact) mass is 296 g/mol. The first-order valence-electron chi connectivity index (χ1n) is 5.83. The summed E-state index contributed by atoms with van der Waals surface area (Å²) in [4.78, 5) is 0. The number of methoxy groups -OCH3 is 1. The highest BCUT2D eigenvalue weighted by Gasteiger charge is 2.06. The first-order chi connectivity index (χ1) is 9.22. The minimum absolute atomic E-state index is 0.446. The molecule has 0 amide bonds. The van der Waals surface area contributed by atoms with Crippen molar-refractivity contribution < 1.29 is 9.47 Å². The predicted octanol–water partition coefficient (Wildman–Crippen LogP) is 4.67. The highest BCUT2D eigenvalue weighted by atomic mass is 35.5. The van der Waals surface area contributed by atoms with Crippen LogP contribution in [0.3, 0.4) is 0 Å². The smallest absolute Gasteiger partial charge is 0.161 e. The molecule has 0 saturated heterocycles. The van der Waals surface area contributed by atoms with Gasteiger partial charge in [-0.2, -0.15) is 0 Å². The van der Waals surface area contributed by atoms with Crippen LogP contribution >= 0.6 is 23.2 Å². The number of hydrogen-bond acceptors (Lipinski definition) is 2. The summed E-state index contributed by atoms with van der Waals surface area (Å²) in [5.41, 5.74) is 2.04. The Morgan fingerprint density at radius 3 is 2.26 bits per heavy atom. The average molecular weight is 297 g/mol. The van der Waals surface area contributed by atoms with Crippen LogP contribution in [-0.2, 0) is 12.5 Å². The first-order valence-corrected chi connectivity index (χ1v) is 6.74. The molecule has 0 unspecified atom stereocenters. The quantitative estimate of drug-likeness (QED) is 0.747. The highest BCUT2D eigenvalue weighted by molar-refractivity contribution is 6.30. The van der Waals surface area contributed by atoms with Crippen molar-refractivity contribution in [3.05, 3.63) is 58.6 Å². The number of alkyl halides is 1. The second-order valence-electron chi connectivity index (χ2n) is 4.03. The van der Waals surface area contributed by atoms with Gasteiger partial charge in [0, 0.05) is 10.9 Å². The van der Waals surface area contributed by atoms with Crippen molar-refractivity contribution in [2.24, 2.45) is 0 Å². The zero-order valence-corrected chi connectivity index (χ0v) is 12.0. The van der Waals surface area contributed by atoms with Gasteiger partial charge in [-0.05, 0) is 35.4 Å². The van der Waals surface area contributed by atoms with Gasteiger partial charge in [0.25, 0.3) is 0 Å². The molecule has 2 aromatic rings. The minimum Gasteiger partial charge on any atom is -0.493 e. The van der Waals surface area contributed by atoms with Gasteiger partial charge in [-0.15, -0.1) is 11.6 Å². The van der Waals surface area contributed by atoms with Gasteiger partial charge < -0.3 is 9.47 Å². The van der Waals surface area contributed by atoms with Gasteiger partial charge in [0.15, 0.2) is 11.5 Å². The average Bonchev–Trinajstić information content (AvgIpc) is 2.46. The zero-order valence-electron chi connectivity index (χ0n) is 10.5. The third-order valence-electron chi connectivity index (χ3n) is 2.69. The Balaban J connectivity index is 2.11. The Labute approximate surface area is 122 Å². The van der Waals surface area contributed by atoms with Crippen LogP contribution in [0.25, 0.3) is 0 Å². The van der Waals surface area contributed by atoms with Crippen LogP contribution in [0.15, 0.2) is 42.5 Å². The van der Waals surface area contributed by atoms with Crippen molar-refractivity contribution in [2.75, 3.05) is 7.11 Å². The SMILES string of the molecule is COc1ccc(CCl)cc1OCc1ccc(Cl)cc1. The Morgan fingerprint density at radius 1 is 0.947 bits per heavy atom. The summed E-state index contributed by atoms with van der Waals surface area (Å²) in [6.07, 6.45) is 0. The maximum atomic E-state index is 5.84. The van der Waals surface area contributed by atoms with Crippen LogP contribution in [0.1, 0.15) is 11.1 Å². The standard InChI is InChI=1S/C15H14Cl2O2/c1-18-14-7-4-12(9-16)8-15(14)19-10-11-2-5-13(17)6-3-11/h2-8H,9-10H2,1H3. The van der Waals surface area contributed by atoms with E-state index in [4.69, 9.17) is 32.7 Å². The van der Waals surface area contributed by atoms with Crippen LogP contribution in [0.5, 0.6) is 11.5 Å². The lowest BCUT2D eigenvalue weighted by atomic mass is 10.2. The largest absolute Gasteiger partial charge is 0.493 e. The molecule has 0 fully saturated rings. The molecule has 0 N–H and O–H groups in total. The summed E-state index contributed by atoms with van der Waals surface area (Å²) in [5.74, 6) is 1.83. The summed E-state index contributed by atoms with van der Waals surface area (Å²) >= 11 is 11.7. The van der Waals surface area contributed by atoms with E-state index in [9.17, 15) is 0 Å². The molecule has 0 aliphatic rings. The van der Waals surface area contributed by atoms with Gasteiger partial charge in [0.1, 0.15) is 6.61 Å². The molecule has 0 aliphatic heterocycles. The number of ether oxygens (including phenoxy) is 2. The van der Waals surface area contributed by atoms with Gasteiger partial charge in [-0.25, -0.2) is 0 Å². The van der Waals surface area contributed by atoms with E-state index in [0.717, 1.165) is 11.1 Å². The van der Waals surface area contributed by atoms with Crippen molar-refractivity contribution in [1.29, 1.82) is 0 Å². The zero-order chi connectivity index (χ0) is 13.7. The van der Waals surface area contributed by atoms with Crippen LogP contribution in [0.4, 0.5) is 0 Å². The van der Waals surface area contributed by atoms with Gasteiger partial charge in [-0.3, -0.25) is 0 Å². The minimum atomic E-state index is 0.446. The number of benzene rings is 2. The summed E-state index contributed by atoms with van der Waals surface area (Å²) < 4.78 is 11.0. The topological polar surface area (TPSA) is 18.5 Å². The predicted molar refractivity (Wildman–Crippen MR) is 78.3 cm³/mol. The molecule has 0 aromatic heterocycles. The van der Waals surface area contributed by atoms with Crippen LogP contribution in [-0.4, -0.2) is 7.11 Å². The van der Waals surface area contributed by atoms with Crippen molar-refractivity contribution in [2.45, 2.75) is 12.5 Å². The molecule has 2 nitrogen and oxygen atoms in total. The maximum Gasteiger partial charge on any atom is 0.161 e. The van der Waals surface area contributed by atoms with E-state index in [2.05, 4.69) is 0 Å². The van der Waals surface area contributed by atoms with Gasteiger partial charge in [-0.1, -0.05) is 29.8 Å². The maximum absolute atomic E-state index is 5.84. The van der Waals surface area contributed by atoms with Crippen molar-refractivity contribution in [3.63, 3.8) is 0 Å². The van der Waals surface area contributed by atoms with Crippen molar-refractivity contribution >= 4 is 23.2 Å². The molecule has 100 valence electrons. The molecule has 0 aliphatic carbocycles. The summed E-state index contributed by atoms with van der Waals surface area (Å²) in [6, 6.07) is 13.2. The van der Waals surface area contributed by atoms with E-state index in [-0.39, 0.29) is 0 Å². The van der Waals surface area contributed by atoms with E-state index in [1.807, 2.05) is 42.5 Å². The fourth-order valence-corrected chi connectivity index (χ4v) is 1.95. The van der Waals surface area contributed by atoms with Crippen molar-refractivity contribution in [1.82, 2.24) is 0 Å². The Morgan fingerprint density at radius 2 is 1.63 bits per heavy atom. The normalized spacial score (nSPS) is 10.3. The molecule has 4 heteroatoms. The molecule has 0 bridgehead atoms. The Bertz CT molecular complexity index is 538. The number of rotatable bonds is 5. The summed E-state index contributed by atoms with van der Waals surface area (Å²) in [7, 11) is 1.62. The highest BCUT2D eigenvalue weighted by Crippen LogP contribution is 2.29. The second kappa shape index (κ2) is 6.69. The van der Waals surface area contributed by atoms with E-state index >= 15 is 0 Å². The van der Waals surface area contributed by atoms with Crippen LogP contribution < -0.4 is 9.47 Å². The number of hydrogen-bond donors (Lipinski definition) is 0. The van der Waals surface area contributed by atoms with Gasteiger partial charge in [0.05, 0.1) is 7.11 Å². The van der Waals surface area contributed by atoms with Crippen LogP contribution in [0.2, 0.25) is 5.02 Å². The fraction of sp³-hybridized carbons (Fsp3) is 0.200. The first kappa shape index (κ1) is 14.0. The summed E-state index contributed by atoms with van der Waals surface area (Å²) in [5, 5.41) is 0.713. The molecular weight excluding hydrogens is 283 g/mol. The molecule has 0 spiro atoms. The summed E-state index contributed by atoms with van der Waals surface area (Å²) in [6.45, 7) is 0.458. The molecule has 0 atom stereocenters. The van der Waals surface area contributed by atoms with E-state index < -0.39 is 0 Å².